The lowest BCUT2D eigenvalue weighted by atomic mass is 10.2. The van der Waals surface area contributed by atoms with E-state index < -0.39 is 11.5 Å². The summed E-state index contributed by atoms with van der Waals surface area (Å²) in [5.74, 6) is -0.187. The first kappa shape index (κ1) is 16.5. The van der Waals surface area contributed by atoms with Gasteiger partial charge in [0.1, 0.15) is 11.6 Å². The number of methoxy groups -OCH3 is 1. The minimum Gasteiger partial charge on any atom is -0.468 e. The van der Waals surface area contributed by atoms with E-state index in [9.17, 15) is 9.59 Å². The van der Waals surface area contributed by atoms with Crippen LogP contribution >= 0.6 is 11.6 Å². The van der Waals surface area contributed by atoms with Crippen LogP contribution in [-0.4, -0.2) is 43.0 Å². The molecule has 1 atom stereocenters. The highest BCUT2D eigenvalue weighted by Gasteiger charge is 2.12. The van der Waals surface area contributed by atoms with Crippen LogP contribution in [0.3, 0.4) is 0 Å². The van der Waals surface area contributed by atoms with Crippen LogP contribution < -0.4 is 16.2 Å². The van der Waals surface area contributed by atoms with E-state index in [0.29, 0.717) is 18.2 Å². The molecule has 1 rings (SSSR count). The monoisotopic (exact) mass is 302 g/mol. The first-order valence-electron chi connectivity index (χ1n) is 6.20. The van der Waals surface area contributed by atoms with Crippen molar-refractivity contribution in [1.82, 2.24) is 15.1 Å². The molecule has 8 heteroatoms. The quantitative estimate of drug-likeness (QED) is 0.706. The molecule has 0 aliphatic rings. The van der Waals surface area contributed by atoms with E-state index in [2.05, 4.69) is 27.4 Å². The molecule has 1 heterocycles. The highest BCUT2D eigenvalue weighted by molar-refractivity contribution is 6.32. The maximum Gasteiger partial charge on any atom is 0.327 e. The van der Waals surface area contributed by atoms with Gasteiger partial charge >= 0.3 is 5.97 Å². The van der Waals surface area contributed by atoms with Crippen LogP contribution in [0.15, 0.2) is 11.0 Å². The number of carbonyl (C=O) groups is 1. The van der Waals surface area contributed by atoms with Gasteiger partial charge in [0.05, 0.1) is 19.0 Å². The molecule has 0 saturated heterocycles. The van der Waals surface area contributed by atoms with E-state index in [0.717, 1.165) is 11.2 Å². The number of anilines is 1. The summed E-state index contributed by atoms with van der Waals surface area (Å²) in [6, 6.07) is 0. The molecule has 1 aromatic heterocycles. The number of ether oxygens (including phenoxy) is 1. The maximum absolute atomic E-state index is 11.9. The summed E-state index contributed by atoms with van der Waals surface area (Å²) >= 11 is 5.98. The number of hydrogen-bond acceptors (Lipinski definition) is 6. The largest absolute Gasteiger partial charge is 0.468 e. The van der Waals surface area contributed by atoms with E-state index in [1.54, 1.807) is 0 Å². The normalized spacial score (nSPS) is 12.0. The van der Waals surface area contributed by atoms with Gasteiger partial charge < -0.3 is 15.4 Å². The topological polar surface area (TPSA) is 85.2 Å². The van der Waals surface area contributed by atoms with Crippen LogP contribution in [0.1, 0.15) is 6.92 Å². The second kappa shape index (κ2) is 7.86. The number of aromatic nitrogens is 2. The zero-order valence-electron chi connectivity index (χ0n) is 11.8. The Balaban J connectivity index is 2.78. The van der Waals surface area contributed by atoms with Crippen LogP contribution in [0.2, 0.25) is 5.02 Å². The molecule has 2 N–H and O–H groups in total. The summed E-state index contributed by atoms with van der Waals surface area (Å²) in [5, 5.41) is 10.0. The zero-order valence-corrected chi connectivity index (χ0v) is 12.5. The van der Waals surface area contributed by atoms with Crippen LogP contribution in [-0.2, 0) is 16.1 Å². The van der Waals surface area contributed by atoms with Gasteiger partial charge in [-0.05, 0) is 19.5 Å². The van der Waals surface area contributed by atoms with Crippen molar-refractivity contribution in [2.45, 2.75) is 13.5 Å². The Morgan fingerprint density at radius 3 is 2.85 bits per heavy atom. The highest BCUT2D eigenvalue weighted by atomic mass is 35.5. The molecule has 1 aromatic rings. The summed E-state index contributed by atoms with van der Waals surface area (Å²) in [6.07, 6.45) is 1.43. The number of halogens is 1. The Hall–Kier alpha value is -1.60. The first-order valence-corrected chi connectivity index (χ1v) is 6.58. The molecule has 0 fully saturated rings. The third-order valence-corrected chi connectivity index (χ3v) is 3.05. The summed E-state index contributed by atoms with van der Waals surface area (Å²) in [6.45, 7) is 3.30. The number of nitrogens with one attached hydrogen (secondary N) is 2. The molecule has 1 unspecified atom stereocenters. The van der Waals surface area contributed by atoms with Crippen molar-refractivity contribution in [3.63, 3.8) is 0 Å². The molecule has 0 aliphatic heterocycles. The molecule has 7 nitrogen and oxygen atoms in total. The van der Waals surface area contributed by atoms with Crippen molar-refractivity contribution in [3.8, 4) is 0 Å². The number of hydrogen-bond donors (Lipinski definition) is 2. The minimum absolute atomic E-state index is 0.0144. The Labute approximate surface area is 122 Å². The van der Waals surface area contributed by atoms with E-state index in [4.69, 9.17) is 11.6 Å². The lowest BCUT2D eigenvalue weighted by Crippen LogP contribution is -2.29. The Kier molecular flexibility index (Phi) is 6.47. The number of carbonyl (C=O) groups excluding carboxylic acids is 1. The van der Waals surface area contributed by atoms with Gasteiger partial charge in [0.2, 0.25) is 0 Å². The van der Waals surface area contributed by atoms with E-state index in [1.165, 1.54) is 13.3 Å². The molecule has 0 radical (unpaired) electrons. The average Bonchev–Trinajstić information content (AvgIpc) is 2.43. The van der Waals surface area contributed by atoms with E-state index in [-0.39, 0.29) is 11.6 Å². The third-order valence-electron chi connectivity index (χ3n) is 2.68. The lowest BCUT2D eigenvalue weighted by molar-refractivity contribution is -0.141. The molecule has 0 aromatic carbocycles. The first-order chi connectivity index (χ1) is 9.49. The van der Waals surface area contributed by atoms with Gasteiger partial charge in [0.15, 0.2) is 0 Å². The maximum atomic E-state index is 11.9. The SMILES string of the molecule is CNCC(C)CNc1cnn(CC(=O)OC)c(=O)c1Cl. The fourth-order valence-corrected chi connectivity index (χ4v) is 1.81. The fraction of sp³-hybridized carbons (Fsp3) is 0.583. The van der Waals surface area contributed by atoms with E-state index >= 15 is 0 Å². The molecule has 0 saturated carbocycles. The minimum atomic E-state index is -0.556. The van der Waals surface area contributed by atoms with Gasteiger partial charge in [-0.15, -0.1) is 0 Å². The van der Waals surface area contributed by atoms with Crippen LogP contribution in [0.5, 0.6) is 0 Å². The highest BCUT2D eigenvalue weighted by Crippen LogP contribution is 2.15. The van der Waals surface area contributed by atoms with Gasteiger partial charge in [0, 0.05) is 6.54 Å². The Bertz CT molecular complexity index is 518. The number of nitrogens with zero attached hydrogens (tertiary/aromatic N) is 2. The predicted molar refractivity (Wildman–Crippen MR) is 77.1 cm³/mol. The van der Waals surface area contributed by atoms with Crippen LogP contribution in [0, 0.1) is 5.92 Å². The molecule has 20 heavy (non-hydrogen) atoms. The average molecular weight is 303 g/mol. The molecule has 0 amide bonds. The molecular formula is C12H19ClN4O3. The smallest absolute Gasteiger partial charge is 0.327 e. The number of esters is 1. The van der Waals surface area contributed by atoms with Gasteiger partial charge in [-0.2, -0.15) is 5.10 Å². The number of rotatable bonds is 7. The van der Waals surface area contributed by atoms with Crippen molar-refractivity contribution in [2.75, 3.05) is 32.6 Å². The van der Waals surface area contributed by atoms with Crippen molar-refractivity contribution >= 4 is 23.3 Å². The van der Waals surface area contributed by atoms with Crippen molar-refractivity contribution in [1.29, 1.82) is 0 Å². The molecule has 112 valence electrons. The van der Waals surface area contributed by atoms with Gasteiger partial charge in [0.25, 0.3) is 5.56 Å². The lowest BCUT2D eigenvalue weighted by Gasteiger charge is -2.14. The van der Waals surface area contributed by atoms with Crippen molar-refractivity contribution in [3.05, 3.63) is 21.6 Å². The zero-order chi connectivity index (χ0) is 15.1. The predicted octanol–water partition coefficient (Wildman–Crippen LogP) is 0.337. The second-order valence-corrected chi connectivity index (χ2v) is 4.83. The molecular weight excluding hydrogens is 284 g/mol. The summed E-state index contributed by atoms with van der Waals surface area (Å²) in [4.78, 5) is 23.0. The van der Waals surface area contributed by atoms with Crippen LogP contribution in [0.4, 0.5) is 5.69 Å². The second-order valence-electron chi connectivity index (χ2n) is 4.45. The molecule has 0 bridgehead atoms. The van der Waals surface area contributed by atoms with E-state index in [1.807, 2.05) is 7.05 Å². The van der Waals surface area contributed by atoms with Crippen molar-refractivity contribution < 1.29 is 9.53 Å². The van der Waals surface area contributed by atoms with Gasteiger partial charge in [-0.25, -0.2) is 4.68 Å². The molecule has 0 aliphatic carbocycles. The third kappa shape index (κ3) is 4.50. The van der Waals surface area contributed by atoms with Gasteiger partial charge in [-0.1, -0.05) is 18.5 Å². The summed E-state index contributed by atoms with van der Waals surface area (Å²) in [7, 11) is 3.12. The summed E-state index contributed by atoms with van der Waals surface area (Å²) in [5.41, 5.74) is -0.0657. The Morgan fingerprint density at radius 2 is 2.25 bits per heavy atom. The summed E-state index contributed by atoms with van der Waals surface area (Å²) < 4.78 is 5.45. The standard InChI is InChI=1S/C12H19ClN4O3/c1-8(4-14-2)5-15-9-6-16-17(7-10(18)20-3)12(19)11(9)13/h6,8,14-15H,4-5,7H2,1-3H3. The fourth-order valence-electron chi connectivity index (χ4n) is 1.59. The van der Waals surface area contributed by atoms with Crippen LogP contribution in [0.25, 0.3) is 0 Å². The van der Waals surface area contributed by atoms with Crippen molar-refractivity contribution in [2.24, 2.45) is 5.92 Å². The van der Waals surface area contributed by atoms with Gasteiger partial charge in [-0.3, -0.25) is 9.59 Å². The molecule has 0 spiro atoms. The Morgan fingerprint density at radius 1 is 1.55 bits per heavy atom.